The van der Waals surface area contributed by atoms with Crippen LogP contribution in [-0.4, -0.2) is 39.0 Å². The highest BCUT2D eigenvalue weighted by Gasteiger charge is 2.36. The van der Waals surface area contributed by atoms with Crippen LogP contribution in [0.15, 0.2) is 0 Å². The Hall–Kier alpha value is -0.120. The van der Waals surface area contributed by atoms with Crippen molar-refractivity contribution in [3.63, 3.8) is 0 Å². The SMILES string of the molecule is CCC1CCCCC1C(NC)C1COCCO1. The molecular formula is C14H27NO2. The first-order valence-corrected chi connectivity index (χ1v) is 7.23. The summed E-state index contributed by atoms with van der Waals surface area (Å²) in [4.78, 5) is 0. The zero-order valence-corrected chi connectivity index (χ0v) is 11.3. The van der Waals surface area contributed by atoms with Gasteiger partial charge in [-0.1, -0.05) is 32.6 Å². The Morgan fingerprint density at radius 2 is 2.06 bits per heavy atom. The van der Waals surface area contributed by atoms with Crippen molar-refractivity contribution in [2.24, 2.45) is 11.8 Å². The Balaban J connectivity index is 1.99. The molecule has 0 spiro atoms. The highest BCUT2D eigenvalue weighted by atomic mass is 16.6. The fraction of sp³-hybridized carbons (Fsp3) is 1.00. The second-order valence-corrected chi connectivity index (χ2v) is 5.42. The van der Waals surface area contributed by atoms with Gasteiger partial charge in [-0.3, -0.25) is 0 Å². The van der Waals surface area contributed by atoms with E-state index >= 15 is 0 Å². The molecule has 2 aliphatic rings. The summed E-state index contributed by atoms with van der Waals surface area (Å²) in [5, 5.41) is 3.50. The van der Waals surface area contributed by atoms with Crippen LogP contribution < -0.4 is 5.32 Å². The summed E-state index contributed by atoms with van der Waals surface area (Å²) in [5.74, 6) is 1.64. The summed E-state index contributed by atoms with van der Waals surface area (Å²) < 4.78 is 11.4. The third-order valence-corrected chi connectivity index (χ3v) is 4.53. The Bertz CT molecular complexity index is 216. The van der Waals surface area contributed by atoms with E-state index in [2.05, 4.69) is 19.3 Å². The first kappa shape index (κ1) is 13.3. The van der Waals surface area contributed by atoms with Crippen LogP contribution in [-0.2, 0) is 9.47 Å². The van der Waals surface area contributed by atoms with E-state index in [1.807, 2.05) is 0 Å². The third-order valence-electron chi connectivity index (χ3n) is 4.53. The lowest BCUT2D eigenvalue weighted by Gasteiger charge is -2.41. The number of hydrogen-bond acceptors (Lipinski definition) is 3. The molecule has 1 aliphatic heterocycles. The second-order valence-electron chi connectivity index (χ2n) is 5.42. The Labute approximate surface area is 105 Å². The molecule has 1 aliphatic carbocycles. The minimum Gasteiger partial charge on any atom is -0.376 e. The van der Waals surface area contributed by atoms with Crippen molar-refractivity contribution in [3.8, 4) is 0 Å². The molecule has 3 heteroatoms. The molecule has 1 heterocycles. The Kier molecular flexibility index (Phi) is 5.26. The van der Waals surface area contributed by atoms with Gasteiger partial charge in [-0.15, -0.1) is 0 Å². The number of rotatable bonds is 4. The van der Waals surface area contributed by atoms with Crippen molar-refractivity contribution in [1.29, 1.82) is 0 Å². The lowest BCUT2D eigenvalue weighted by atomic mass is 9.72. The minimum atomic E-state index is 0.255. The van der Waals surface area contributed by atoms with Crippen molar-refractivity contribution in [3.05, 3.63) is 0 Å². The summed E-state index contributed by atoms with van der Waals surface area (Å²) in [7, 11) is 2.07. The van der Waals surface area contributed by atoms with Crippen LogP contribution in [0.2, 0.25) is 0 Å². The zero-order valence-electron chi connectivity index (χ0n) is 11.3. The fourth-order valence-corrected chi connectivity index (χ4v) is 3.61. The standard InChI is InChI=1S/C14H27NO2/c1-3-11-6-4-5-7-12(11)14(15-2)13-10-16-8-9-17-13/h11-15H,3-10H2,1-2H3. The van der Waals surface area contributed by atoms with Gasteiger partial charge in [-0.05, 0) is 25.3 Å². The number of hydrogen-bond donors (Lipinski definition) is 1. The van der Waals surface area contributed by atoms with Gasteiger partial charge in [-0.25, -0.2) is 0 Å². The van der Waals surface area contributed by atoms with Crippen LogP contribution in [0.5, 0.6) is 0 Å². The maximum absolute atomic E-state index is 5.89. The predicted octanol–water partition coefficient (Wildman–Crippen LogP) is 2.21. The van der Waals surface area contributed by atoms with E-state index in [0.717, 1.165) is 31.7 Å². The monoisotopic (exact) mass is 241 g/mol. The van der Waals surface area contributed by atoms with Gasteiger partial charge >= 0.3 is 0 Å². The first-order chi connectivity index (χ1) is 8.36. The number of nitrogens with one attached hydrogen (secondary N) is 1. The number of ether oxygens (including phenoxy) is 2. The summed E-state index contributed by atoms with van der Waals surface area (Å²) in [6.07, 6.45) is 7.10. The molecule has 100 valence electrons. The van der Waals surface area contributed by atoms with Gasteiger partial charge in [0, 0.05) is 6.04 Å². The van der Waals surface area contributed by atoms with Crippen molar-refractivity contribution in [2.75, 3.05) is 26.9 Å². The van der Waals surface area contributed by atoms with Gasteiger partial charge in [0.15, 0.2) is 0 Å². The normalized spacial score (nSPS) is 36.7. The van der Waals surface area contributed by atoms with Gasteiger partial charge in [0.2, 0.25) is 0 Å². The molecule has 2 fully saturated rings. The van der Waals surface area contributed by atoms with Crippen molar-refractivity contribution in [1.82, 2.24) is 5.32 Å². The lowest BCUT2D eigenvalue weighted by molar-refractivity contribution is -0.113. The largest absolute Gasteiger partial charge is 0.376 e. The zero-order chi connectivity index (χ0) is 12.1. The molecule has 1 N–H and O–H groups in total. The van der Waals surface area contributed by atoms with E-state index in [0.29, 0.717) is 6.04 Å². The summed E-state index contributed by atoms with van der Waals surface area (Å²) in [6.45, 7) is 4.60. The van der Waals surface area contributed by atoms with Crippen molar-refractivity contribution >= 4 is 0 Å². The molecule has 2 rings (SSSR count). The van der Waals surface area contributed by atoms with Crippen LogP contribution in [0.4, 0.5) is 0 Å². The molecule has 0 bridgehead atoms. The van der Waals surface area contributed by atoms with Crippen LogP contribution in [0.3, 0.4) is 0 Å². The molecule has 0 aromatic carbocycles. The smallest absolute Gasteiger partial charge is 0.0964 e. The van der Waals surface area contributed by atoms with Crippen molar-refractivity contribution in [2.45, 2.75) is 51.2 Å². The van der Waals surface area contributed by atoms with Crippen LogP contribution in [0, 0.1) is 11.8 Å². The van der Waals surface area contributed by atoms with Gasteiger partial charge in [0.1, 0.15) is 0 Å². The maximum atomic E-state index is 5.89. The molecule has 3 nitrogen and oxygen atoms in total. The van der Waals surface area contributed by atoms with E-state index in [-0.39, 0.29) is 6.10 Å². The van der Waals surface area contributed by atoms with E-state index in [1.165, 1.54) is 32.1 Å². The number of likely N-dealkylation sites (N-methyl/N-ethyl adjacent to an activating group) is 1. The van der Waals surface area contributed by atoms with Gasteiger partial charge < -0.3 is 14.8 Å². The fourth-order valence-electron chi connectivity index (χ4n) is 3.61. The third kappa shape index (κ3) is 3.21. The molecule has 0 amide bonds. The average molecular weight is 241 g/mol. The van der Waals surface area contributed by atoms with Gasteiger partial charge in [-0.2, -0.15) is 0 Å². The molecule has 17 heavy (non-hydrogen) atoms. The van der Waals surface area contributed by atoms with Crippen LogP contribution in [0.1, 0.15) is 39.0 Å². The van der Waals surface area contributed by atoms with E-state index in [4.69, 9.17) is 9.47 Å². The van der Waals surface area contributed by atoms with Gasteiger partial charge in [0.05, 0.1) is 25.9 Å². The molecule has 4 atom stereocenters. The lowest BCUT2D eigenvalue weighted by Crippen LogP contribution is -2.51. The van der Waals surface area contributed by atoms with Crippen LogP contribution >= 0.6 is 0 Å². The summed E-state index contributed by atoms with van der Waals surface area (Å²) >= 11 is 0. The molecule has 4 unspecified atom stereocenters. The molecule has 0 radical (unpaired) electrons. The molecule has 1 saturated carbocycles. The molecule has 0 aromatic rings. The highest BCUT2D eigenvalue weighted by Crippen LogP contribution is 2.36. The van der Waals surface area contributed by atoms with E-state index in [1.54, 1.807) is 0 Å². The Morgan fingerprint density at radius 1 is 1.24 bits per heavy atom. The average Bonchev–Trinajstić information content (AvgIpc) is 2.41. The molecule has 0 aromatic heterocycles. The van der Waals surface area contributed by atoms with Gasteiger partial charge in [0.25, 0.3) is 0 Å². The van der Waals surface area contributed by atoms with E-state index in [9.17, 15) is 0 Å². The molecular weight excluding hydrogens is 214 g/mol. The van der Waals surface area contributed by atoms with Crippen LogP contribution in [0.25, 0.3) is 0 Å². The Morgan fingerprint density at radius 3 is 2.71 bits per heavy atom. The predicted molar refractivity (Wildman–Crippen MR) is 69.1 cm³/mol. The summed E-state index contributed by atoms with van der Waals surface area (Å²) in [5.41, 5.74) is 0. The van der Waals surface area contributed by atoms with Crippen molar-refractivity contribution < 1.29 is 9.47 Å². The second kappa shape index (κ2) is 6.72. The minimum absolute atomic E-state index is 0.255. The highest BCUT2D eigenvalue weighted by molar-refractivity contribution is 4.89. The van der Waals surface area contributed by atoms with E-state index < -0.39 is 0 Å². The quantitative estimate of drug-likeness (QED) is 0.818. The first-order valence-electron chi connectivity index (χ1n) is 7.23. The summed E-state index contributed by atoms with van der Waals surface area (Å²) in [6, 6.07) is 0.473. The molecule has 1 saturated heterocycles. The topological polar surface area (TPSA) is 30.5 Å². The maximum Gasteiger partial charge on any atom is 0.0964 e.